The van der Waals surface area contributed by atoms with Crippen LogP contribution in [0.4, 0.5) is 0 Å². The van der Waals surface area contributed by atoms with Gasteiger partial charge in [0, 0.05) is 11.1 Å². The molecule has 0 fully saturated rings. The number of nitrogens with one attached hydrogen (secondary N) is 1. The Balaban J connectivity index is 1.65. The molecule has 1 N–H and O–H groups in total. The number of aromatic nitrogens is 8. The third-order valence-electron chi connectivity index (χ3n) is 3.80. The number of hydrogen-bond donors (Lipinski definition) is 1. The average molecular weight is 330 g/mol. The van der Waals surface area contributed by atoms with E-state index >= 15 is 0 Å². The van der Waals surface area contributed by atoms with Crippen LogP contribution in [0.5, 0.6) is 0 Å². The molecule has 0 aliphatic carbocycles. The van der Waals surface area contributed by atoms with Gasteiger partial charge in [-0.2, -0.15) is 5.21 Å². The summed E-state index contributed by atoms with van der Waals surface area (Å²) < 4.78 is 1.76. The van der Waals surface area contributed by atoms with Gasteiger partial charge in [-0.25, -0.2) is 4.68 Å². The topological polar surface area (TPSA) is 98.1 Å². The summed E-state index contributed by atoms with van der Waals surface area (Å²) in [6.45, 7) is 4.34. The summed E-state index contributed by atoms with van der Waals surface area (Å²) in [7, 11) is 0. The lowest BCUT2D eigenvalue weighted by molar-refractivity contribution is 0.653. The molecule has 4 rings (SSSR count). The first kappa shape index (κ1) is 14.9. The molecule has 2 heterocycles. The Morgan fingerprint density at radius 3 is 2.64 bits per heavy atom. The van der Waals surface area contributed by atoms with Crippen molar-refractivity contribution in [1.29, 1.82) is 0 Å². The highest BCUT2D eigenvalue weighted by Crippen LogP contribution is 2.22. The smallest absolute Gasteiger partial charge is 0.204 e. The summed E-state index contributed by atoms with van der Waals surface area (Å²) in [6.07, 6.45) is 1.82. The number of tetrazole rings is 2. The van der Waals surface area contributed by atoms with Gasteiger partial charge in [0.15, 0.2) is 5.82 Å². The summed E-state index contributed by atoms with van der Waals surface area (Å²) >= 11 is 0. The van der Waals surface area contributed by atoms with Gasteiger partial charge in [0.25, 0.3) is 0 Å². The number of benzene rings is 2. The van der Waals surface area contributed by atoms with Gasteiger partial charge in [0.05, 0.1) is 6.54 Å². The molecular weight excluding hydrogens is 316 g/mol. The molecule has 0 spiro atoms. The Labute approximate surface area is 143 Å². The minimum atomic E-state index is 0.529. The van der Waals surface area contributed by atoms with Crippen LogP contribution in [0.3, 0.4) is 0 Å². The lowest BCUT2D eigenvalue weighted by Crippen LogP contribution is -2.04. The van der Waals surface area contributed by atoms with Crippen LogP contribution in [0.25, 0.3) is 28.9 Å². The highest BCUT2D eigenvalue weighted by atomic mass is 15.5. The fraction of sp³-hybridized carbons (Fsp3) is 0.0588. The van der Waals surface area contributed by atoms with Gasteiger partial charge >= 0.3 is 0 Å². The molecule has 0 aliphatic heterocycles. The highest BCUT2D eigenvalue weighted by Gasteiger charge is 2.11. The molecular formula is C17H14N8. The molecule has 8 nitrogen and oxygen atoms in total. The van der Waals surface area contributed by atoms with Gasteiger partial charge in [0.2, 0.25) is 5.82 Å². The molecule has 0 bridgehead atoms. The molecule has 8 heteroatoms. The average Bonchev–Trinajstić information content (AvgIpc) is 3.35. The number of H-pyrrole nitrogens is 1. The Bertz CT molecular complexity index is 986. The zero-order valence-electron chi connectivity index (χ0n) is 13.2. The van der Waals surface area contributed by atoms with E-state index < -0.39 is 0 Å². The van der Waals surface area contributed by atoms with Crippen molar-refractivity contribution < 1.29 is 0 Å². The summed E-state index contributed by atoms with van der Waals surface area (Å²) in [5.74, 6) is 1.21. The van der Waals surface area contributed by atoms with Crippen molar-refractivity contribution in [3.05, 3.63) is 66.2 Å². The van der Waals surface area contributed by atoms with Crippen molar-refractivity contribution in [2.45, 2.75) is 6.54 Å². The molecule has 0 saturated heterocycles. The summed E-state index contributed by atoms with van der Waals surface area (Å²) in [4.78, 5) is 0. The van der Waals surface area contributed by atoms with Gasteiger partial charge in [-0.3, -0.25) is 0 Å². The maximum atomic E-state index is 4.16. The summed E-state index contributed by atoms with van der Waals surface area (Å²) in [5.41, 5.74) is 3.91. The van der Waals surface area contributed by atoms with E-state index in [4.69, 9.17) is 0 Å². The van der Waals surface area contributed by atoms with E-state index in [1.165, 1.54) is 0 Å². The minimum Gasteiger partial charge on any atom is -0.221 e. The van der Waals surface area contributed by atoms with Crippen LogP contribution < -0.4 is 0 Å². The lowest BCUT2D eigenvalue weighted by atomic mass is 10.1. The maximum Gasteiger partial charge on any atom is 0.204 e. The predicted molar refractivity (Wildman–Crippen MR) is 92.1 cm³/mol. The van der Waals surface area contributed by atoms with E-state index in [0.717, 1.165) is 22.3 Å². The monoisotopic (exact) mass is 330 g/mol. The predicted octanol–water partition coefficient (Wildman–Crippen LogP) is 2.21. The summed E-state index contributed by atoms with van der Waals surface area (Å²) in [6, 6.07) is 15.8. The second kappa shape index (κ2) is 6.44. The van der Waals surface area contributed by atoms with Crippen molar-refractivity contribution in [3.63, 3.8) is 0 Å². The molecule has 0 saturated carbocycles. The fourth-order valence-electron chi connectivity index (χ4n) is 2.53. The zero-order chi connectivity index (χ0) is 17.1. The molecule has 0 amide bonds. The molecule has 0 aliphatic rings. The second-order valence-electron chi connectivity index (χ2n) is 5.42. The van der Waals surface area contributed by atoms with Gasteiger partial charge in [-0.05, 0) is 32.8 Å². The maximum absolute atomic E-state index is 4.16. The lowest BCUT2D eigenvalue weighted by Gasteiger charge is -2.06. The van der Waals surface area contributed by atoms with Crippen molar-refractivity contribution in [2.75, 3.05) is 0 Å². The van der Waals surface area contributed by atoms with Crippen LogP contribution in [0.15, 0.2) is 55.1 Å². The molecule has 2 aromatic carbocycles. The van der Waals surface area contributed by atoms with Gasteiger partial charge < -0.3 is 0 Å². The van der Waals surface area contributed by atoms with Crippen molar-refractivity contribution >= 4 is 6.08 Å². The first-order valence-corrected chi connectivity index (χ1v) is 7.65. The first-order chi connectivity index (χ1) is 12.3. The van der Waals surface area contributed by atoms with E-state index in [-0.39, 0.29) is 0 Å². The van der Waals surface area contributed by atoms with E-state index in [1.807, 2.05) is 54.6 Å². The molecule has 4 aromatic rings. The molecule has 0 radical (unpaired) electrons. The number of nitrogens with zero attached hydrogens (tertiary/aromatic N) is 7. The number of rotatable bonds is 5. The SMILES string of the molecule is C=Cc1ccc(Cn2nnnc2-c2cccc(-c3nn[nH]n3)c2)cc1. The standard InChI is InChI=1S/C17H14N8/c1-2-12-6-8-13(9-7-12)11-25-17(20-23-24-25)15-5-3-4-14(10-15)16-18-21-22-19-16/h2-10H,1,11H2,(H,18,19,21,22). The Morgan fingerprint density at radius 2 is 1.88 bits per heavy atom. The third-order valence-corrected chi connectivity index (χ3v) is 3.80. The molecule has 0 atom stereocenters. The Morgan fingerprint density at radius 1 is 1.04 bits per heavy atom. The van der Waals surface area contributed by atoms with Crippen molar-refractivity contribution in [3.8, 4) is 22.8 Å². The van der Waals surface area contributed by atoms with E-state index in [9.17, 15) is 0 Å². The van der Waals surface area contributed by atoms with Gasteiger partial charge in [0.1, 0.15) is 0 Å². The molecule has 25 heavy (non-hydrogen) atoms. The zero-order valence-corrected chi connectivity index (χ0v) is 13.2. The number of hydrogen-bond acceptors (Lipinski definition) is 6. The van der Waals surface area contributed by atoms with Crippen LogP contribution in [0.1, 0.15) is 11.1 Å². The Kier molecular flexibility index (Phi) is 3.83. The largest absolute Gasteiger partial charge is 0.221 e. The summed E-state index contributed by atoms with van der Waals surface area (Å²) in [5, 5.41) is 26.1. The van der Waals surface area contributed by atoms with Crippen LogP contribution >= 0.6 is 0 Å². The van der Waals surface area contributed by atoms with Crippen molar-refractivity contribution in [1.82, 2.24) is 40.8 Å². The van der Waals surface area contributed by atoms with E-state index in [2.05, 4.69) is 42.7 Å². The van der Waals surface area contributed by atoms with Crippen LogP contribution in [-0.4, -0.2) is 40.8 Å². The second-order valence-corrected chi connectivity index (χ2v) is 5.42. The Hall–Kier alpha value is -3.68. The normalized spacial score (nSPS) is 10.7. The van der Waals surface area contributed by atoms with Gasteiger partial charge in [-0.1, -0.05) is 55.1 Å². The quantitative estimate of drug-likeness (QED) is 0.602. The first-order valence-electron chi connectivity index (χ1n) is 7.65. The third kappa shape index (κ3) is 3.05. The van der Waals surface area contributed by atoms with Gasteiger partial charge in [-0.15, -0.1) is 15.3 Å². The van der Waals surface area contributed by atoms with E-state index in [1.54, 1.807) is 4.68 Å². The van der Waals surface area contributed by atoms with Crippen LogP contribution in [-0.2, 0) is 6.54 Å². The minimum absolute atomic E-state index is 0.529. The van der Waals surface area contributed by atoms with E-state index in [0.29, 0.717) is 18.2 Å². The van der Waals surface area contributed by atoms with Crippen molar-refractivity contribution in [2.24, 2.45) is 0 Å². The molecule has 2 aromatic heterocycles. The fourth-order valence-corrected chi connectivity index (χ4v) is 2.53. The van der Waals surface area contributed by atoms with Crippen LogP contribution in [0, 0.1) is 0 Å². The molecule has 122 valence electrons. The highest BCUT2D eigenvalue weighted by molar-refractivity contribution is 5.65. The number of aromatic amines is 1. The molecule has 0 unspecified atom stereocenters. The van der Waals surface area contributed by atoms with Crippen LogP contribution in [0.2, 0.25) is 0 Å².